The van der Waals surface area contributed by atoms with E-state index in [9.17, 15) is 9.59 Å². The highest BCUT2D eigenvalue weighted by Crippen LogP contribution is 2.33. The number of pyridine rings is 2. The summed E-state index contributed by atoms with van der Waals surface area (Å²) in [6.45, 7) is 4.21. The molecule has 11 nitrogen and oxygen atoms in total. The number of nitrogens with one attached hydrogen (secondary N) is 1. The summed E-state index contributed by atoms with van der Waals surface area (Å²) in [5.74, 6) is 1.32. The van der Waals surface area contributed by atoms with Crippen LogP contribution >= 0.6 is 11.6 Å². The van der Waals surface area contributed by atoms with E-state index in [2.05, 4.69) is 15.5 Å². The van der Waals surface area contributed by atoms with E-state index in [1.807, 2.05) is 50.1 Å². The van der Waals surface area contributed by atoms with Crippen LogP contribution in [-0.2, 0) is 17.9 Å². The highest BCUT2D eigenvalue weighted by molar-refractivity contribution is 6.32. The van der Waals surface area contributed by atoms with Crippen molar-refractivity contribution in [2.24, 2.45) is 0 Å². The first-order valence-electron chi connectivity index (χ1n) is 12.3. The molecule has 1 aliphatic heterocycles. The Morgan fingerprint density at radius 2 is 1.97 bits per heavy atom. The van der Waals surface area contributed by atoms with Gasteiger partial charge >= 0.3 is 6.09 Å². The third-order valence-corrected chi connectivity index (χ3v) is 6.89. The molecule has 0 unspecified atom stereocenters. The number of amides is 2. The predicted molar refractivity (Wildman–Crippen MR) is 147 cm³/mol. The number of alkyl carbamates (subject to hydrolysis) is 1. The highest BCUT2D eigenvalue weighted by atomic mass is 35.5. The van der Waals surface area contributed by atoms with E-state index < -0.39 is 6.09 Å². The van der Waals surface area contributed by atoms with Crippen LogP contribution < -0.4 is 15.1 Å². The minimum atomic E-state index is -0.577. The summed E-state index contributed by atoms with van der Waals surface area (Å²) in [6, 6.07) is 14.7. The van der Waals surface area contributed by atoms with Gasteiger partial charge in [-0.05, 0) is 44.2 Å². The largest absolute Gasteiger partial charge is 0.443 e. The Hall–Kier alpha value is -4.51. The van der Waals surface area contributed by atoms with Crippen LogP contribution in [0.5, 0.6) is 0 Å². The first-order chi connectivity index (χ1) is 18.8. The van der Waals surface area contributed by atoms with Crippen LogP contribution in [0.1, 0.15) is 35.5 Å². The summed E-state index contributed by atoms with van der Waals surface area (Å²) < 4.78 is 7.05. The summed E-state index contributed by atoms with van der Waals surface area (Å²) in [6.07, 6.45) is 0.991. The van der Waals surface area contributed by atoms with E-state index >= 15 is 0 Å². The molecular weight excluding hydrogens is 520 g/mol. The lowest BCUT2D eigenvalue weighted by molar-refractivity contribution is 0.0996. The van der Waals surface area contributed by atoms with Gasteiger partial charge in [-0.25, -0.2) is 14.8 Å². The van der Waals surface area contributed by atoms with Gasteiger partial charge in [0.2, 0.25) is 0 Å². The van der Waals surface area contributed by atoms with Gasteiger partial charge in [-0.1, -0.05) is 29.8 Å². The number of anilines is 2. The maximum absolute atomic E-state index is 13.7. The number of nitrogens with zero attached hydrogens (tertiary/aromatic N) is 7. The SMILES string of the molecule is CNC(=O)OCc1nc(N(C)C(C)C)cc2c1CN(c1cccc(-c3nncn3-c3ccccc3Cl)n1)C2=O. The fourth-order valence-electron chi connectivity index (χ4n) is 4.24. The number of carbonyl (C=O) groups excluding carboxylic acids is 2. The molecule has 0 bridgehead atoms. The minimum Gasteiger partial charge on any atom is -0.443 e. The van der Waals surface area contributed by atoms with Crippen molar-refractivity contribution in [2.45, 2.75) is 33.0 Å². The van der Waals surface area contributed by atoms with Crippen molar-refractivity contribution in [1.82, 2.24) is 30.0 Å². The molecule has 1 aromatic carbocycles. The Kier molecular flexibility index (Phi) is 7.16. The van der Waals surface area contributed by atoms with Crippen LogP contribution in [0.3, 0.4) is 0 Å². The van der Waals surface area contributed by atoms with E-state index in [0.29, 0.717) is 50.7 Å². The third kappa shape index (κ3) is 5.00. The lowest BCUT2D eigenvalue weighted by Gasteiger charge is -2.23. The molecule has 0 aliphatic carbocycles. The lowest BCUT2D eigenvalue weighted by Crippen LogP contribution is -2.27. The number of halogens is 1. The zero-order chi connectivity index (χ0) is 27.7. The van der Waals surface area contributed by atoms with Crippen LogP contribution in [0.15, 0.2) is 54.9 Å². The third-order valence-electron chi connectivity index (χ3n) is 6.57. The molecule has 0 saturated carbocycles. The molecule has 0 fully saturated rings. The summed E-state index contributed by atoms with van der Waals surface area (Å²) in [5, 5.41) is 11.3. The standard InChI is InChI=1S/C27H27ClN8O3/c1-16(2)34(4)24-12-17-18(21(32-24)14-39-27(38)29-3)13-35(26(17)37)23-11-7-9-20(31-23)25-33-30-15-36(25)22-10-6-5-8-19(22)28/h5-12,15-16H,13-14H2,1-4H3,(H,29,38). The quantitative estimate of drug-likeness (QED) is 0.366. The number of fused-ring (bicyclic) bond motifs is 1. The van der Waals surface area contributed by atoms with E-state index in [-0.39, 0.29) is 25.1 Å². The molecule has 2 amide bonds. The Balaban J connectivity index is 1.51. The van der Waals surface area contributed by atoms with Gasteiger partial charge in [0.25, 0.3) is 5.91 Å². The Bertz CT molecular complexity index is 1550. The van der Waals surface area contributed by atoms with Gasteiger partial charge in [-0.2, -0.15) is 0 Å². The van der Waals surface area contributed by atoms with Crippen molar-refractivity contribution in [2.75, 3.05) is 23.9 Å². The molecule has 0 spiro atoms. The van der Waals surface area contributed by atoms with E-state index in [4.69, 9.17) is 26.3 Å². The minimum absolute atomic E-state index is 0.0721. The van der Waals surface area contributed by atoms with Crippen LogP contribution in [0.4, 0.5) is 16.4 Å². The van der Waals surface area contributed by atoms with Crippen molar-refractivity contribution in [3.63, 3.8) is 0 Å². The number of para-hydroxylation sites is 1. The molecule has 0 saturated heterocycles. The predicted octanol–water partition coefficient (Wildman–Crippen LogP) is 4.24. The molecule has 1 aliphatic rings. The second kappa shape index (κ2) is 10.7. The van der Waals surface area contributed by atoms with Gasteiger partial charge in [0.15, 0.2) is 5.82 Å². The van der Waals surface area contributed by atoms with Gasteiger partial charge in [-0.15, -0.1) is 10.2 Å². The summed E-state index contributed by atoms with van der Waals surface area (Å²) in [5.41, 5.74) is 2.94. The molecule has 1 N–H and O–H groups in total. The van der Waals surface area contributed by atoms with Crippen LogP contribution in [0.2, 0.25) is 5.02 Å². The van der Waals surface area contributed by atoms with Crippen LogP contribution in [0.25, 0.3) is 17.2 Å². The number of hydrogen-bond acceptors (Lipinski definition) is 8. The van der Waals surface area contributed by atoms with E-state index in [0.717, 1.165) is 0 Å². The summed E-state index contributed by atoms with van der Waals surface area (Å²) >= 11 is 6.41. The molecule has 3 aromatic heterocycles. The molecule has 12 heteroatoms. The van der Waals surface area contributed by atoms with Crippen LogP contribution in [0, 0.1) is 0 Å². The number of benzene rings is 1. The molecule has 4 heterocycles. The highest BCUT2D eigenvalue weighted by Gasteiger charge is 2.34. The molecule has 200 valence electrons. The van der Waals surface area contributed by atoms with Crippen molar-refractivity contribution in [3.05, 3.63) is 76.7 Å². The van der Waals surface area contributed by atoms with E-state index in [1.54, 1.807) is 40.1 Å². The average molecular weight is 547 g/mol. The molecular formula is C27H27ClN8O3. The topological polar surface area (TPSA) is 118 Å². The molecule has 4 aromatic rings. The zero-order valence-electron chi connectivity index (χ0n) is 21.9. The second-order valence-electron chi connectivity index (χ2n) is 9.23. The fourth-order valence-corrected chi connectivity index (χ4v) is 4.47. The Morgan fingerprint density at radius 1 is 1.18 bits per heavy atom. The normalized spacial score (nSPS) is 12.6. The van der Waals surface area contributed by atoms with Crippen molar-refractivity contribution >= 4 is 35.2 Å². The van der Waals surface area contributed by atoms with Crippen molar-refractivity contribution in [3.8, 4) is 17.2 Å². The van der Waals surface area contributed by atoms with Gasteiger partial charge in [0.05, 0.1) is 28.5 Å². The monoisotopic (exact) mass is 546 g/mol. The smallest absolute Gasteiger partial charge is 0.407 e. The molecule has 0 radical (unpaired) electrons. The number of carbonyl (C=O) groups is 2. The van der Waals surface area contributed by atoms with E-state index in [1.165, 1.54) is 7.05 Å². The maximum atomic E-state index is 13.7. The van der Waals surface area contributed by atoms with Gasteiger partial charge in [-0.3, -0.25) is 14.3 Å². The average Bonchev–Trinajstić information content (AvgIpc) is 3.56. The Labute approximate surface area is 230 Å². The van der Waals surface area contributed by atoms with Gasteiger partial charge in [0.1, 0.15) is 30.3 Å². The summed E-state index contributed by atoms with van der Waals surface area (Å²) in [7, 11) is 3.39. The first kappa shape index (κ1) is 26.1. The lowest BCUT2D eigenvalue weighted by atomic mass is 10.1. The number of rotatable bonds is 7. The summed E-state index contributed by atoms with van der Waals surface area (Å²) in [4.78, 5) is 38.5. The van der Waals surface area contributed by atoms with Crippen molar-refractivity contribution in [1.29, 1.82) is 0 Å². The second-order valence-corrected chi connectivity index (χ2v) is 9.64. The zero-order valence-corrected chi connectivity index (χ0v) is 22.7. The molecule has 39 heavy (non-hydrogen) atoms. The number of aromatic nitrogens is 5. The number of ether oxygens (including phenoxy) is 1. The van der Waals surface area contributed by atoms with Crippen molar-refractivity contribution < 1.29 is 14.3 Å². The fraction of sp³-hybridized carbons (Fsp3) is 0.259. The maximum Gasteiger partial charge on any atom is 0.407 e. The van der Waals surface area contributed by atoms with Crippen LogP contribution in [-0.4, -0.2) is 56.9 Å². The molecule has 0 atom stereocenters. The van der Waals surface area contributed by atoms with Gasteiger partial charge in [0, 0.05) is 25.7 Å². The Morgan fingerprint density at radius 3 is 2.72 bits per heavy atom. The number of hydrogen-bond donors (Lipinski definition) is 1. The first-order valence-corrected chi connectivity index (χ1v) is 12.7. The van der Waals surface area contributed by atoms with Gasteiger partial charge < -0.3 is 15.0 Å². The molecule has 5 rings (SSSR count).